The van der Waals surface area contributed by atoms with E-state index in [1.165, 1.54) is 10.8 Å². The Balaban J connectivity index is 2.02. The first-order valence-electron chi connectivity index (χ1n) is 8.23. The smallest absolute Gasteiger partial charge is 0.265 e. The Morgan fingerprint density at radius 3 is 2.41 bits per heavy atom. The summed E-state index contributed by atoms with van der Waals surface area (Å²) in [5, 5.41) is 12.3. The molecule has 27 heavy (non-hydrogen) atoms. The molecule has 0 aliphatic carbocycles. The number of aromatic nitrogens is 2. The molecule has 0 fully saturated rings. The SMILES string of the molecule is O=c1c2ccccc2c(/C=N/c2ccccn2)c(O)n1-c1ccccc1Cl. The highest BCUT2D eigenvalue weighted by Gasteiger charge is 2.17. The van der Waals surface area contributed by atoms with E-state index in [9.17, 15) is 9.90 Å². The van der Waals surface area contributed by atoms with Crippen LogP contribution in [0.3, 0.4) is 0 Å². The number of fused-ring (bicyclic) bond motifs is 1. The molecule has 2 aromatic heterocycles. The number of benzene rings is 2. The Labute approximate surface area is 159 Å². The summed E-state index contributed by atoms with van der Waals surface area (Å²) in [6.07, 6.45) is 3.14. The van der Waals surface area contributed by atoms with E-state index in [0.29, 0.717) is 32.9 Å². The molecule has 0 saturated heterocycles. The molecule has 4 rings (SSSR count). The highest BCUT2D eigenvalue weighted by molar-refractivity contribution is 6.32. The van der Waals surface area contributed by atoms with Gasteiger partial charge in [-0.15, -0.1) is 0 Å². The molecule has 0 radical (unpaired) electrons. The van der Waals surface area contributed by atoms with Gasteiger partial charge in [-0.2, -0.15) is 0 Å². The van der Waals surface area contributed by atoms with Crippen molar-refractivity contribution in [2.45, 2.75) is 0 Å². The summed E-state index contributed by atoms with van der Waals surface area (Å²) in [7, 11) is 0. The monoisotopic (exact) mass is 375 g/mol. The first-order chi connectivity index (χ1) is 13.2. The number of para-hydroxylation sites is 1. The Morgan fingerprint density at radius 1 is 0.963 bits per heavy atom. The maximum Gasteiger partial charge on any atom is 0.265 e. The van der Waals surface area contributed by atoms with Crippen LogP contribution in [-0.4, -0.2) is 20.9 Å². The minimum absolute atomic E-state index is 0.230. The molecular weight excluding hydrogens is 362 g/mol. The van der Waals surface area contributed by atoms with Gasteiger partial charge in [-0.3, -0.25) is 4.79 Å². The van der Waals surface area contributed by atoms with Crippen LogP contribution in [0.1, 0.15) is 5.56 Å². The average molecular weight is 376 g/mol. The van der Waals surface area contributed by atoms with Crippen LogP contribution < -0.4 is 5.56 Å². The molecule has 0 bridgehead atoms. The molecule has 4 aromatic rings. The zero-order valence-electron chi connectivity index (χ0n) is 14.1. The van der Waals surface area contributed by atoms with Crippen LogP contribution in [0.5, 0.6) is 5.88 Å². The zero-order chi connectivity index (χ0) is 18.8. The molecule has 0 amide bonds. The molecular formula is C21H14ClN3O2. The lowest BCUT2D eigenvalue weighted by Gasteiger charge is -2.14. The van der Waals surface area contributed by atoms with Crippen LogP contribution in [0.2, 0.25) is 5.02 Å². The van der Waals surface area contributed by atoms with Gasteiger partial charge in [-0.1, -0.05) is 48.0 Å². The van der Waals surface area contributed by atoms with Crippen molar-refractivity contribution in [1.29, 1.82) is 0 Å². The number of pyridine rings is 2. The number of nitrogens with zero attached hydrogens (tertiary/aromatic N) is 3. The predicted molar refractivity (Wildman–Crippen MR) is 108 cm³/mol. The number of rotatable bonds is 3. The Morgan fingerprint density at radius 2 is 1.67 bits per heavy atom. The van der Waals surface area contributed by atoms with Crippen LogP contribution in [0.25, 0.3) is 16.5 Å². The highest BCUT2D eigenvalue weighted by atomic mass is 35.5. The maximum atomic E-state index is 13.0. The van der Waals surface area contributed by atoms with E-state index in [0.717, 1.165) is 0 Å². The van der Waals surface area contributed by atoms with Gasteiger partial charge in [0.25, 0.3) is 5.56 Å². The van der Waals surface area contributed by atoms with Crippen molar-refractivity contribution in [3.63, 3.8) is 0 Å². The Bertz CT molecular complexity index is 1220. The number of hydrogen-bond donors (Lipinski definition) is 1. The lowest BCUT2D eigenvalue weighted by molar-refractivity contribution is 0.436. The fourth-order valence-electron chi connectivity index (χ4n) is 2.91. The van der Waals surface area contributed by atoms with Crippen LogP contribution in [0.4, 0.5) is 5.82 Å². The van der Waals surface area contributed by atoms with Gasteiger partial charge in [-0.05, 0) is 30.3 Å². The molecule has 0 unspecified atom stereocenters. The van der Waals surface area contributed by atoms with Gasteiger partial charge >= 0.3 is 0 Å². The topological polar surface area (TPSA) is 67.5 Å². The summed E-state index contributed by atoms with van der Waals surface area (Å²) >= 11 is 6.26. The van der Waals surface area contributed by atoms with Crippen molar-refractivity contribution in [2.75, 3.05) is 0 Å². The van der Waals surface area contributed by atoms with Crippen LogP contribution >= 0.6 is 11.6 Å². The maximum absolute atomic E-state index is 13.0. The lowest BCUT2D eigenvalue weighted by atomic mass is 10.1. The van der Waals surface area contributed by atoms with E-state index in [1.807, 2.05) is 6.07 Å². The summed E-state index contributed by atoms with van der Waals surface area (Å²) in [5.74, 6) is 0.267. The van der Waals surface area contributed by atoms with Gasteiger partial charge in [-0.25, -0.2) is 14.5 Å². The molecule has 132 valence electrons. The second-order valence-corrected chi connectivity index (χ2v) is 6.23. The number of aliphatic imine (C=N–C) groups is 1. The van der Waals surface area contributed by atoms with Crippen LogP contribution in [-0.2, 0) is 0 Å². The molecule has 5 nitrogen and oxygen atoms in total. The van der Waals surface area contributed by atoms with Crippen molar-refractivity contribution < 1.29 is 5.11 Å². The van der Waals surface area contributed by atoms with E-state index < -0.39 is 0 Å². The van der Waals surface area contributed by atoms with Crippen molar-refractivity contribution in [3.8, 4) is 11.6 Å². The van der Waals surface area contributed by atoms with E-state index >= 15 is 0 Å². The zero-order valence-corrected chi connectivity index (χ0v) is 14.8. The minimum Gasteiger partial charge on any atom is -0.494 e. The lowest BCUT2D eigenvalue weighted by Crippen LogP contribution is -2.20. The number of aromatic hydroxyl groups is 1. The second-order valence-electron chi connectivity index (χ2n) is 5.82. The van der Waals surface area contributed by atoms with Crippen molar-refractivity contribution in [1.82, 2.24) is 9.55 Å². The normalized spacial score (nSPS) is 11.3. The molecule has 6 heteroatoms. The molecule has 0 saturated carbocycles. The average Bonchev–Trinajstić information content (AvgIpc) is 2.70. The van der Waals surface area contributed by atoms with Crippen molar-refractivity contribution >= 4 is 34.4 Å². The van der Waals surface area contributed by atoms with Crippen LogP contribution in [0.15, 0.2) is 82.7 Å². The van der Waals surface area contributed by atoms with Gasteiger partial charge in [0, 0.05) is 23.2 Å². The fourth-order valence-corrected chi connectivity index (χ4v) is 3.13. The van der Waals surface area contributed by atoms with E-state index in [1.54, 1.807) is 66.9 Å². The summed E-state index contributed by atoms with van der Waals surface area (Å²) in [4.78, 5) is 21.5. The van der Waals surface area contributed by atoms with Gasteiger partial charge < -0.3 is 5.11 Å². The van der Waals surface area contributed by atoms with E-state index in [4.69, 9.17) is 11.6 Å². The molecule has 0 atom stereocenters. The largest absolute Gasteiger partial charge is 0.494 e. The summed E-state index contributed by atoms with van der Waals surface area (Å²) in [6.45, 7) is 0. The first-order valence-corrected chi connectivity index (χ1v) is 8.61. The third-order valence-corrected chi connectivity index (χ3v) is 4.49. The fraction of sp³-hybridized carbons (Fsp3) is 0. The molecule has 1 N–H and O–H groups in total. The predicted octanol–water partition coefficient (Wildman–Crippen LogP) is 4.50. The van der Waals surface area contributed by atoms with Crippen LogP contribution in [0, 0.1) is 0 Å². The molecule has 0 spiro atoms. The molecule has 2 heterocycles. The van der Waals surface area contributed by atoms with E-state index in [2.05, 4.69) is 9.98 Å². The third-order valence-electron chi connectivity index (χ3n) is 4.17. The Kier molecular flexibility index (Phi) is 4.44. The van der Waals surface area contributed by atoms with Crippen molar-refractivity contribution in [2.24, 2.45) is 4.99 Å². The van der Waals surface area contributed by atoms with Gasteiger partial charge in [0.05, 0.1) is 16.3 Å². The third kappa shape index (κ3) is 3.09. The Hall–Kier alpha value is -3.44. The molecule has 2 aromatic carbocycles. The quantitative estimate of drug-likeness (QED) is 0.536. The first kappa shape index (κ1) is 17.0. The highest BCUT2D eigenvalue weighted by Crippen LogP contribution is 2.29. The summed E-state index contributed by atoms with van der Waals surface area (Å²) in [5.41, 5.74) is 0.460. The van der Waals surface area contributed by atoms with Gasteiger partial charge in [0.1, 0.15) is 0 Å². The summed E-state index contributed by atoms with van der Waals surface area (Å²) in [6, 6.07) is 19.3. The molecule has 0 aliphatic rings. The van der Waals surface area contributed by atoms with Crippen molar-refractivity contribution in [3.05, 3.63) is 93.9 Å². The standard InChI is InChI=1S/C21H14ClN3O2/c22-17-9-3-4-10-18(17)25-20(26)15-8-2-1-7-14(15)16(21(25)27)13-24-19-11-5-6-12-23-19/h1-13,27H/b24-13+. The molecule has 0 aliphatic heterocycles. The van der Waals surface area contributed by atoms with Gasteiger partial charge in [0.2, 0.25) is 5.88 Å². The number of hydrogen-bond acceptors (Lipinski definition) is 4. The second kappa shape index (κ2) is 7.05. The van der Waals surface area contributed by atoms with E-state index in [-0.39, 0.29) is 11.4 Å². The minimum atomic E-state index is -0.355. The number of halogens is 1. The summed E-state index contributed by atoms with van der Waals surface area (Å²) < 4.78 is 1.20. The van der Waals surface area contributed by atoms with Gasteiger partial charge in [0.15, 0.2) is 5.82 Å².